The van der Waals surface area contributed by atoms with Gasteiger partial charge >= 0.3 is 5.97 Å². The van der Waals surface area contributed by atoms with Crippen molar-refractivity contribution >= 4 is 5.97 Å². The second-order valence-electron chi connectivity index (χ2n) is 23.2. The first-order valence-corrected chi connectivity index (χ1v) is 27.6. The Morgan fingerprint density at radius 2 is 1.60 bits per heavy atom. The molecule has 2 aromatic heterocycles. The highest BCUT2D eigenvalue weighted by Gasteiger charge is 2.53. The summed E-state index contributed by atoms with van der Waals surface area (Å²) < 4.78 is 65.9. The number of likely N-dealkylation sites (N-methyl/N-ethyl adjacent to an activating group) is 2. The minimum atomic E-state index is -1.86. The van der Waals surface area contributed by atoms with E-state index in [1.807, 2.05) is 68.1 Å². The van der Waals surface area contributed by atoms with Gasteiger partial charge in [-0.15, -0.1) is 5.10 Å². The van der Waals surface area contributed by atoms with E-state index in [2.05, 4.69) is 15.3 Å². The lowest BCUT2D eigenvalue weighted by Crippen LogP contribution is -2.61. The number of esters is 1. The van der Waals surface area contributed by atoms with Gasteiger partial charge in [0.2, 0.25) is 5.88 Å². The number of carbonyl (C=O) groups is 1. The van der Waals surface area contributed by atoms with E-state index in [0.29, 0.717) is 37.5 Å². The molecule has 0 unspecified atom stereocenters. The quantitative estimate of drug-likeness (QED) is 0.111. The maximum atomic E-state index is 15.0. The lowest BCUT2D eigenvalue weighted by atomic mass is 9.77. The van der Waals surface area contributed by atoms with Gasteiger partial charge in [-0.2, -0.15) is 0 Å². The van der Waals surface area contributed by atoms with Crippen LogP contribution in [0, 0.1) is 17.8 Å². The molecule has 0 saturated carbocycles. The first-order chi connectivity index (χ1) is 36.7. The topological polar surface area (TPSA) is 242 Å². The van der Waals surface area contributed by atoms with Gasteiger partial charge in [0.25, 0.3) is 0 Å². The number of alkyl halides is 1. The van der Waals surface area contributed by atoms with Gasteiger partial charge in [-0.05, 0) is 105 Å². The molecule has 0 radical (unpaired) electrons. The van der Waals surface area contributed by atoms with Crippen molar-refractivity contribution in [1.29, 1.82) is 0 Å². The molecule has 20 nitrogen and oxygen atoms in total. The SMILES string of the molecule is CC[C@H]1OC(=O)[C@H](C)[C@@H](O[C@H]2C[C@@](C)(OC)[C@@H](O)[C@H](C)O2)[C@H](C)[C@@H](O[C@@H]2O[C@H](C)C[C@H](N(C)CCc3cn([C@H](CF)[C@H](OC)c4ccc(-c5ccc(OC)nc5)cc4)nn3)[C@H]2O)[C@](C)(O)C[C@@H](C)CN(C)[C@H](C)[C@@H](O)[C@]1(C)O. The summed E-state index contributed by atoms with van der Waals surface area (Å²) in [7, 11) is 8.30. The average Bonchev–Trinajstić information content (AvgIpc) is 3.89. The van der Waals surface area contributed by atoms with Crippen molar-refractivity contribution in [3.05, 3.63) is 60.0 Å². The van der Waals surface area contributed by atoms with Crippen LogP contribution in [0.25, 0.3) is 11.1 Å². The van der Waals surface area contributed by atoms with Crippen molar-refractivity contribution in [1.82, 2.24) is 29.8 Å². The number of nitrogens with zero attached hydrogens (tertiary/aromatic N) is 6. The number of hydrogen-bond acceptors (Lipinski definition) is 19. The number of carbonyl (C=O) groups excluding carboxylic acids is 1. The fourth-order valence-corrected chi connectivity index (χ4v) is 12.1. The van der Waals surface area contributed by atoms with Crippen molar-refractivity contribution in [3.8, 4) is 17.0 Å². The monoisotopic (exact) mass is 1100 g/mol. The Hall–Kier alpha value is -3.81. The minimum Gasteiger partial charge on any atom is -0.481 e. The van der Waals surface area contributed by atoms with Crippen molar-refractivity contribution in [3.63, 3.8) is 0 Å². The van der Waals surface area contributed by atoms with Crippen molar-refractivity contribution in [2.24, 2.45) is 17.8 Å². The zero-order valence-electron chi connectivity index (χ0n) is 48.6. The molecule has 21 heteroatoms. The molecule has 5 N–H and O–H groups in total. The van der Waals surface area contributed by atoms with Gasteiger partial charge in [0.15, 0.2) is 12.6 Å². The van der Waals surface area contributed by atoms with Gasteiger partial charge in [-0.1, -0.05) is 50.3 Å². The number of methoxy groups -OCH3 is 3. The second-order valence-corrected chi connectivity index (χ2v) is 23.2. The first kappa shape index (κ1) is 63.4. The van der Waals surface area contributed by atoms with Gasteiger partial charge in [-0.25, -0.2) is 14.1 Å². The Morgan fingerprint density at radius 3 is 2.21 bits per heavy atom. The lowest BCUT2D eigenvalue weighted by molar-refractivity contribution is -0.318. The van der Waals surface area contributed by atoms with E-state index < -0.39 is 127 Å². The number of rotatable bonds is 17. The molecule has 6 rings (SSSR count). The summed E-state index contributed by atoms with van der Waals surface area (Å²) in [6, 6.07) is 9.46. The maximum absolute atomic E-state index is 15.0. The number of aliphatic hydroxyl groups is 5. The molecular formula is C57H91FN6O14. The highest BCUT2D eigenvalue weighted by Crippen LogP contribution is 2.41. The highest BCUT2D eigenvalue weighted by atomic mass is 19.1. The predicted molar refractivity (Wildman–Crippen MR) is 288 cm³/mol. The standard InChI is InChI=1S/C57H91FN6O14/c1-16-44-57(10,70)50(66)36(6)63(12)30-32(2)26-55(8,69)52(34(4)48(35(5)53(68)76-44)77-46-27-56(9,73-15)51(67)37(7)75-46)78-54-47(65)42(25-33(3)74-54)62(11)24-23-41-31-64(61-60-41)43(28-58)49(72-14)39-19-17-38(18-20-39)40-21-22-45(71-13)59-29-40/h17-22,29,31-37,42-44,46-52,54,65-67,69-70H,16,23-28,30H2,1-15H3/t32-,33-,34+,35-,36-,37+,42+,43-,44-,46+,47-,48+,49-,50-,51+,52-,54+,55-,56-,57-/m1/s1. The normalized spacial score (nSPS) is 37.8. The number of pyridine rings is 1. The van der Waals surface area contributed by atoms with Gasteiger partial charge in [0.1, 0.15) is 48.8 Å². The van der Waals surface area contributed by atoms with Crippen LogP contribution in [0.15, 0.2) is 48.8 Å². The van der Waals surface area contributed by atoms with Gasteiger partial charge in [-0.3, -0.25) is 4.79 Å². The predicted octanol–water partition coefficient (Wildman–Crippen LogP) is 5.07. The molecule has 3 saturated heterocycles. The van der Waals surface area contributed by atoms with Crippen LogP contribution in [0.1, 0.15) is 118 Å². The molecule has 0 spiro atoms. The molecule has 0 bridgehead atoms. The third kappa shape index (κ3) is 14.4. The van der Waals surface area contributed by atoms with Gasteiger partial charge < -0.3 is 73.2 Å². The molecule has 440 valence electrons. The van der Waals surface area contributed by atoms with Crippen LogP contribution < -0.4 is 4.74 Å². The van der Waals surface area contributed by atoms with E-state index in [1.54, 1.807) is 74.0 Å². The van der Waals surface area contributed by atoms with Crippen LogP contribution in [-0.2, 0) is 44.4 Å². The van der Waals surface area contributed by atoms with Crippen LogP contribution in [0.4, 0.5) is 4.39 Å². The number of cyclic esters (lactones) is 1. The summed E-state index contributed by atoms with van der Waals surface area (Å²) >= 11 is 0. The number of benzene rings is 1. The van der Waals surface area contributed by atoms with Crippen molar-refractivity contribution in [2.75, 3.05) is 55.2 Å². The Balaban J connectivity index is 1.24. The molecule has 3 aliphatic rings. The summed E-state index contributed by atoms with van der Waals surface area (Å²) in [4.78, 5) is 22.7. The fourth-order valence-electron chi connectivity index (χ4n) is 12.1. The summed E-state index contributed by atoms with van der Waals surface area (Å²) in [5.74, 6) is -2.38. The molecular weight excluding hydrogens is 1010 g/mol. The van der Waals surface area contributed by atoms with Crippen LogP contribution in [0.2, 0.25) is 0 Å². The molecule has 3 fully saturated rings. The van der Waals surface area contributed by atoms with Crippen LogP contribution in [-0.4, -0.2) is 207 Å². The Kier molecular flexibility index (Phi) is 21.8. The van der Waals surface area contributed by atoms with E-state index in [-0.39, 0.29) is 25.2 Å². The Labute approximate surface area is 460 Å². The van der Waals surface area contributed by atoms with E-state index in [9.17, 15) is 34.7 Å². The van der Waals surface area contributed by atoms with Crippen LogP contribution in [0.5, 0.6) is 5.88 Å². The summed E-state index contributed by atoms with van der Waals surface area (Å²) in [6.07, 6.45) is -6.36. The Bertz CT molecular complexity index is 2330. The highest BCUT2D eigenvalue weighted by molar-refractivity contribution is 5.73. The summed E-state index contributed by atoms with van der Waals surface area (Å²) in [6.45, 7) is 17.5. The van der Waals surface area contributed by atoms with E-state index in [0.717, 1.165) is 16.7 Å². The lowest BCUT2D eigenvalue weighted by Gasteiger charge is -2.49. The first-order valence-electron chi connectivity index (χ1n) is 27.6. The third-order valence-electron chi connectivity index (χ3n) is 17.0. The molecule has 5 heterocycles. The molecule has 3 aliphatic heterocycles. The second kappa shape index (κ2) is 26.8. The fraction of sp³-hybridized carbons (Fsp3) is 0.754. The van der Waals surface area contributed by atoms with E-state index >= 15 is 0 Å². The smallest absolute Gasteiger partial charge is 0.311 e. The van der Waals surface area contributed by atoms with Gasteiger partial charge in [0.05, 0.1) is 54.3 Å². The number of halogens is 1. The zero-order chi connectivity index (χ0) is 57.6. The number of hydrogen-bond donors (Lipinski definition) is 5. The van der Waals surface area contributed by atoms with Crippen molar-refractivity contribution < 1.29 is 72.6 Å². The van der Waals surface area contributed by atoms with Crippen LogP contribution >= 0.6 is 0 Å². The number of aliphatic hydroxyl groups excluding tert-OH is 3. The van der Waals surface area contributed by atoms with Gasteiger partial charge in [0, 0.05) is 82.2 Å². The molecule has 3 aromatic rings. The maximum Gasteiger partial charge on any atom is 0.311 e. The summed E-state index contributed by atoms with van der Waals surface area (Å²) in [5.41, 5.74) is -1.42. The number of aromatic nitrogens is 4. The molecule has 0 amide bonds. The molecule has 1 aromatic carbocycles. The van der Waals surface area contributed by atoms with Crippen LogP contribution in [0.3, 0.4) is 0 Å². The van der Waals surface area contributed by atoms with E-state index in [1.165, 1.54) is 25.8 Å². The average molecular weight is 1100 g/mol. The largest absolute Gasteiger partial charge is 0.481 e. The Morgan fingerprint density at radius 1 is 0.923 bits per heavy atom. The minimum absolute atomic E-state index is 0.0808. The molecule has 0 aliphatic carbocycles. The number of ether oxygens (including phenoxy) is 8. The zero-order valence-corrected chi connectivity index (χ0v) is 48.6. The van der Waals surface area contributed by atoms with E-state index in [4.69, 9.17) is 37.9 Å². The molecule has 20 atom stereocenters. The third-order valence-corrected chi connectivity index (χ3v) is 17.0. The van der Waals surface area contributed by atoms with Crippen molar-refractivity contribution in [2.45, 2.75) is 204 Å². The molecule has 78 heavy (non-hydrogen) atoms. The summed E-state index contributed by atoms with van der Waals surface area (Å²) in [5, 5.41) is 68.7.